The minimum atomic E-state index is -0.556. The third kappa shape index (κ3) is 7.46. The summed E-state index contributed by atoms with van der Waals surface area (Å²) in [4.78, 5) is 16.7. The van der Waals surface area contributed by atoms with Crippen LogP contribution in [0.15, 0.2) is 28.0 Å². The highest BCUT2D eigenvalue weighted by Gasteiger charge is 2.29. The van der Waals surface area contributed by atoms with E-state index in [4.69, 9.17) is 32.7 Å². The topological polar surface area (TPSA) is 64.0 Å². The second-order valence-electron chi connectivity index (χ2n) is 6.58. The predicted molar refractivity (Wildman–Crippen MR) is 118 cm³/mol. The number of carbonyl (C=O) groups excluding carboxylic acids is 1. The molecule has 0 atom stereocenters. The summed E-state index contributed by atoms with van der Waals surface area (Å²) in [6, 6.07) is 3.50. The molecule has 0 fully saturated rings. The van der Waals surface area contributed by atoms with Crippen molar-refractivity contribution >= 4 is 58.4 Å². The van der Waals surface area contributed by atoms with Gasteiger partial charge < -0.3 is 9.47 Å². The Morgan fingerprint density at radius 2 is 2.07 bits per heavy atom. The highest BCUT2D eigenvalue weighted by Crippen LogP contribution is 2.24. The lowest BCUT2D eigenvalue weighted by Crippen LogP contribution is -2.41. The van der Waals surface area contributed by atoms with Gasteiger partial charge in [0.15, 0.2) is 0 Å². The summed E-state index contributed by atoms with van der Waals surface area (Å²) in [5, 5.41) is 5.17. The summed E-state index contributed by atoms with van der Waals surface area (Å²) in [6.07, 6.45) is 0.937. The number of rotatable bonds is 9. The van der Waals surface area contributed by atoms with Gasteiger partial charge in [0.05, 0.1) is 12.1 Å². The fourth-order valence-electron chi connectivity index (χ4n) is 1.94. The molecule has 0 aliphatic rings. The quantitative estimate of drug-likeness (QED) is 0.0649. The van der Waals surface area contributed by atoms with Crippen LogP contribution in [0.5, 0.6) is 5.88 Å². The van der Waals surface area contributed by atoms with E-state index >= 15 is 0 Å². The maximum atomic E-state index is 12.5. The van der Waals surface area contributed by atoms with Crippen molar-refractivity contribution in [2.75, 3.05) is 11.0 Å². The van der Waals surface area contributed by atoms with E-state index in [0.717, 1.165) is 10.8 Å². The molecule has 1 rings (SSSR count). The van der Waals surface area contributed by atoms with Gasteiger partial charge in [0.1, 0.15) is 22.6 Å². The number of hydrogen-bond acceptors (Lipinski definition) is 5. The zero-order valence-corrected chi connectivity index (χ0v) is 19.6. The fourth-order valence-corrected chi connectivity index (χ4v) is 2.59. The van der Waals surface area contributed by atoms with Gasteiger partial charge in [0, 0.05) is 22.8 Å². The van der Waals surface area contributed by atoms with Crippen molar-refractivity contribution in [3.63, 3.8) is 0 Å². The van der Waals surface area contributed by atoms with Gasteiger partial charge in [-0.05, 0) is 40.2 Å². The van der Waals surface area contributed by atoms with Crippen LogP contribution in [0, 0.1) is 0 Å². The Labute approximate surface area is 184 Å². The number of allylic oxidation sites excluding steroid dienone is 1. The number of pyridine rings is 1. The first-order valence-electron chi connectivity index (χ1n) is 8.26. The summed E-state index contributed by atoms with van der Waals surface area (Å²) in [5.74, 6) is 0.241. The first kappa shape index (κ1) is 24.0. The van der Waals surface area contributed by atoms with Crippen molar-refractivity contribution in [2.24, 2.45) is 5.10 Å². The van der Waals surface area contributed by atoms with Crippen molar-refractivity contribution in [1.82, 2.24) is 9.99 Å². The van der Waals surface area contributed by atoms with Gasteiger partial charge in [0.25, 0.3) is 5.91 Å². The SMILES string of the molecule is C=NN(C(=O)/C(Cl)=C(\C)OCc1ccc(OCCCI)nc1Cl)C(C)(C)C. The Bertz CT molecular complexity index is 706. The fraction of sp³-hybridized carbons (Fsp3) is 0.500. The Balaban J connectivity index is 2.80. The van der Waals surface area contributed by atoms with E-state index in [1.54, 1.807) is 19.1 Å². The monoisotopic (exact) mass is 527 g/mol. The van der Waals surface area contributed by atoms with Gasteiger partial charge in [-0.3, -0.25) is 4.79 Å². The smallest absolute Gasteiger partial charge is 0.289 e. The van der Waals surface area contributed by atoms with Crippen LogP contribution in [-0.4, -0.2) is 39.2 Å². The molecule has 1 amide bonds. The second kappa shape index (κ2) is 11.1. The molecule has 0 aromatic carbocycles. The van der Waals surface area contributed by atoms with E-state index < -0.39 is 11.4 Å². The molecule has 9 heteroatoms. The third-order valence-electron chi connectivity index (χ3n) is 3.34. The maximum absolute atomic E-state index is 12.5. The van der Waals surface area contributed by atoms with Crippen molar-refractivity contribution in [3.05, 3.63) is 33.6 Å². The summed E-state index contributed by atoms with van der Waals surface area (Å²) in [6.45, 7) is 11.2. The lowest BCUT2D eigenvalue weighted by molar-refractivity contribution is -0.131. The summed E-state index contributed by atoms with van der Waals surface area (Å²) in [5.41, 5.74) is 0.100. The molecule has 0 N–H and O–H groups in total. The number of hydrazone groups is 1. The molecule has 6 nitrogen and oxygen atoms in total. The summed E-state index contributed by atoms with van der Waals surface area (Å²) < 4.78 is 12.1. The first-order chi connectivity index (χ1) is 12.6. The third-order valence-corrected chi connectivity index (χ3v) is 4.86. The van der Waals surface area contributed by atoms with Crippen LogP contribution in [0.4, 0.5) is 0 Å². The van der Waals surface area contributed by atoms with E-state index in [2.05, 4.69) is 39.4 Å². The number of ether oxygens (including phenoxy) is 2. The predicted octanol–water partition coefficient (Wildman–Crippen LogP) is 5.17. The number of carbonyl (C=O) groups is 1. The molecule has 0 bridgehead atoms. The van der Waals surface area contributed by atoms with Gasteiger partial charge in [-0.15, -0.1) is 0 Å². The summed E-state index contributed by atoms with van der Waals surface area (Å²) in [7, 11) is 0. The van der Waals surface area contributed by atoms with Crippen molar-refractivity contribution in [1.29, 1.82) is 0 Å². The average molecular weight is 528 g/mol. The van der Waals surface area contributed by atoms with E-state index in [1.165, 1.54) is 5.01 Å². The zero-order valence-electron chi connectivity index (χ0n) is 15.9. The number of amides is 1. The molecule has 0 saturated heterocycles. The molecular formula is C18H24Cl2IN3O3. The van der Waals surface area contributed by atoms with Crippen LogP contribution < -0.4 is 4.74 Å². The minimum absolute atomic E-state index is 0.0693. The summed E-state index contributed by atoms with van der Waals surface area (Å²) >= 11 is 14.6. The van der Waals surface area contributed by atoms with E-state index in [-0.39, 0.29) is 22.6 Å². The maximum Gasteiger partial charge on any atom is 0.289 e. The first-order valence-corrected chi connectivity index (χ1v) is 10.5. The van der Waals surface area contributed by atoms with Crippen molar-refractivity contribution < 1.29 is 14.3 Å². The Kier molecular flexibility index (Phi) is 9.83. The largest absolute Gasteiger partial charge is 0.492 e. The van der Waals surface area contributed by atoms with Crippen molar-refractivity contribution in [3.8, 4) is 5.88 Å². The lowest BCUT2D eigenvalue weighted by atomic mass is 10.1. The van der Waals surface area contributed by atoms with E-state index in [9.17, 15) is 4.79 Å². The molecule has 0 spiro atoms. The molecule has 0 saturated carbocycles. The second-order valence-corrected chi connectivity index (χ2v) is 8.39. The molecule has 1 aromatic rings. The van der Waals surface area contributed by atoms with Gasteiger partial charge in [-0.2, -0.15) is 5.10 Å². The van der Waals surface area contributed by atoms with Crippen LogP contribution in [0.25, 0.3) is 0 Å². The standard InChI is InChI=1S/C18H24Cl2IN3O3/c1-12(15(19)17(25)24(22-5)18(2,3)4)27-11-13-7-8-14(23-16(13)20)26-10-6-9-21/h7-8H,5-6,9-11H2,1-4H3/b15-12-. The Hall–Kier alpha value is -1.06. The van der Waals surface area contributed by atoms with Crippen LogP contribution >= 0.6 is 45.8 Å². The number of alkyl halides is 1. The number of hydrogen-bond donors (Lipinski definition) is 0. The molecular weight excluding hydrogens is 504 g/mol. The molecule has 0 aliphatic carbocycles. The van der Waals surface area contributed by atoms with Gasteiger partial charge in [-0.25, -0.2) is 9.99 Å². The van der Waals surface area contributed by atoms with E-state index in [0.29, 0.717) is 18.1 Å². The normalized spacial score (nSPS) is 12.3. The average Bonchev–Trinajstić information content (AvgIpc) is 2.59. The van der Waals surface area contributed by atoms with Crippen LogP contribution in [0.2, 0.25) is 5.15 Å². The number of aromatic nitrogens is 1. The Morgan fingerprint density at radius 3 is 2.59 bits per heavy atom. The lowest BCUT2D eigenvalue weighted by Gasteiger charge is -2.30. The number of halogens is 3. The molecule has 0 aliphatic heterocycles. The van der Waals surface area contributed by atoms with Crippen LogP contribution in [0.3, 0.4) is 0 Å². The van der Waals surface area contributed by atoms with Crippen molar-refractivity contribution in [2.45, 2.75) is 46.3 Å². The van der Waals surface area contributed by atoms with Gasteiger partial charge in [0.2, 0.25) is 5.88 Å². The number of nitrogens with zero attached hydrogens (tertiary/aromatic N) is 3. The van der Waals surface area contributed by atoms with Gasteiger partial charge >= 0.3 is 0 Å². The molecule has 0 radical (unpaired) electrons. The molecule has 1 heterocycles. The highest BCUT2D eigenvalue weighted by atomic mass is 127. The molecule has 27 heavy (non-hydrogen) atoms. The zero-order chi connectivity index (χ0) is 20.6. The van der Waals surface area contributed by atoms with Crippen LogP contribution in [-0.2, 0) is 16.1 Å². The van der Waals surface area contributed by atoms with Crippen LogP contribution in [0.1, 0.15) is 39.7 Å². The molecule has 150 valence electrons. The Morgan fingerprint density at radius 1 is 1.41 bits per heavy atom. The molecule has 0 unspecified atom stereocenters. The van der Waals surface area contributed by atoms with Gasteiger partial charge in [-0.1, -0.05) is 45.8 Å². The minimum Gasteiger partial charge on any atom is -0.492 e. The highest BCUT2D eigenvalue weighted by molar-refractivity contribution is 14.1. The van der Waals surface area contributed by atoms with E-state index in [1.807, 2.05) is 20.8 Å². The molecule has 1 aromatic heterocycles.